The second-order valence-corrected chi connectivity index (χ2v) is 8.50. The molecule has 0 radical (unpaired) electrons. The van der Waals surface area contributed by atoms with Crippen LogP contribution < -0.4 is 5.32 Å². The fourth-order valence-electron chi connectivity index (χ4n) is 3.84. The molecule has 36 heavy (non-hydrogen) atoms. The van der Waals surface area contributed by atoms with Crippen molar-refractivity contribution >= 4 is 11.6 Å². The molecule has 2 aromatic heterocycles. The van der Waals surface area contributed by atoms with Gasteiger partial charge in [-0.05, 0) is 32.8 Å². The number of nitrogens with zero attached hydrogens (tertiary/aromatic N) is 4. The number of benzene rings is 1. The van der Waals surface area contributed by atoms with Crippen molar-refractivity contribution in [3.05, 3.63) is 63.5 Å². The molecule has 1 aliphatic rings. The number of rotatable bonds is 7. The highest BCUT2D eigenvalue weighted by molar-refractivity contribution is 5.91. The third kappa shape index (κ3) is 4.80. The maximum Gasteiger partial charge on any atom is 0.435 e. The maximum atomic E-state index is 14.1. The average Bonchev–Trinajstić information content (AvgIpc) is 3.51. The predicted octanol–water partition coefficient (Wildman–Crippen LogP) is 5.37. The first-order chi connectivity index (χ1) is 16.8. The molecular formula is C22H19F8N5O. The molecule has 1 aromatic carbocycles. The van der Waals surface area contributed by atoms with Gasteiger partial charge in [-0.1, -0.05) is 0 Å². The van der Waals surface area contributed by atoms with Crippen molar-refractivity contribution in [2.75, 3.05) is 5.32 Å². The standard InChI is InChI=1S/C22H19F8N5O/c1-9-21(10(2)35(32-9)8-12-16(23)18(25)20(27)19(26)17(12)24)31-15(36)5-6-34-13(11-3-4-11)7-14(33-34)22(28,29)30/h7,11H,3-6,8H2,1-2H3,(H,31,36). The number of nitrogens with one attached hydrogen (secondary N) is 1. The highest BCUT2D eigenvalue weighted by Crippen LogP contribution is 2.42. The average molecular weight is 521 g/mol. The number of aryl methyl sites for hydroxylation is 2. The van der Waals surface area contributed by atoms with Crippen molar-refractivity contribution in [1.29, 1.82) is 0 Å². The number of carbonyl (C=O) groups is 1. The van der Waals surface area contributed by atoms with Crippen molar-refractivity contribution in [2.45, 2.75) is 58.3 Å². The van der Waals surface area contributed by atoms with E-state index in [2.05, 4.69) is 15.5 Å². The second kappa shape index (κ2) is 9.21. The minimum atomic E-state index is -4.62. The Morgan fingerprint density at radius 1 is 0.972 bits per heavy atom. The van der Waals surface area contributed by atoms with E-state index in [1.165, 1.54) is 13.8 Å². The first kappa shape index (κ1) is 25.6. The molecule has 1 amide bonds. The van der Waals surface area contributed by atoms with Crippen molar-refractivity contribution in [3.63, 3.8) is 0 Å². The summed E-state index contributed by atoms with van der Waals surface area (Å²) in [6.07, 6.45) is -3.39. The number of amides is 1. The quantitative estimate of drug-likeness (QED) is 0.259. The molecule has 0 spiro atoms. The summed E-state index contributed by atoms with van der Waals surface area (Å²) in [7, 11) is 0. The molecule has 0 saturated heterocycles. The minimum absolute atomic E-state index is 0.0405. The van der Waals surface area contributed by atoms with E-state index in [0.717, 1.165) is 28.3 Å². The lowest BCUT2D eigenvalue weighted by Gasteiger charge is -2.11. The summed E-state index contributed by atoms with van der Waals surface area (Å²) in [4.78, 5) is 12.5. The van der Waals surface area contributed by atoms with Gasteiger partial charge in [-0.2, -0.15) is 23.4 Å². The Labute approximate surface area is 198 Å². The summed E-state index contributed by atoms with van der Waals surface area (Å²) in [5, 5.41) is 10.1. The number of carbonyl (C=O) groups excluding carboxylic acids is 1. The highest BCUT2D eigenvalue weighted by atomic mass is 19.4. The number of hydrogen-bond donors (Lipinski definition) is 1. The summed E-state index contributed by atoms with van der Waals surface area (Å²) >= 11 is 0. The zero-order valence-corrected chi connectivity index (χ0v) is 18.9. The van der Waals surface area contributed by atoms with Gasteiger partial charge >= 0.3 is 6.18 Å². The van der Waals surface area contributed by atoms with Crippen LogP contribution in [0, 0.1) is 42.9 Å². The third-order valence-corrected chi connectivity index (χ3v) is 5.90. The molecule has 0 unspecified atom stereocenters. The van der Waals surface area contributed by atoms with Crippen LogP contribution in [0.15, 0.2) is 6.07 Å². The van der Waals surface area contributed by atoms with Gasteiger partial charge in [-0.3, -0.25) is 14.2 Å². The molecule has 14 heteroatoms. The van der Waals surface area contributed by atoms with E-state index in [0.29, 0.717) is 5.69 Å². The Balaban J connectivity index is 1.49. The van der Waals surface area contributed by atoms with Crippen molar-refractivity contribution in [2.24, 2.45) is 0 Å². The molecule has 0 atom stereocenters. The van der Waals surface area contributed by atoms with Crippen molar-refractivity contribution in [1.82, 2.24) is 19.6 Å². The van der Waals surface area contributed by atoms with Crippen LogP contribution in [-0.2, 0) is 24.1 Å². The molecule has 2 heterocycles. The van der Waals surface area contributed by atoms with Crippen LogP contribution in [0.1, 0.15) is 53.5 Å². The van der Waals surface area contributed by atoms with Gasteiger partial charge < -0.3 is 5.32 Å². The monoisotopic (exact) mass is 521 g/mol. The van der Waals surface area contributed by atoms with Crippen molar-refractivity contribution < 1.29 is 39.9 Å². The Hall–Kier alpha value is -3.45. The van der Waals surface area contributed by atoms with E-state index in [4.69, 9.17) is 0 Å². The fraction of sp³-hybridized carbons (Fsp3) is 0.409. The first-order valence-corrected chi connectivity index (χ1v) is 10.8. The van der Waals surface area contributed by atoms with Crippen LogP contribution in [0.5, 0.6) is 0 Å². The zero-order chi connectivity index (χ0) is 26.5. The molecule has 6 nitrogen and oxygen atoms in total. The van der Waals surface area contributed by atoms with Crippen LogP contribution in [0.4, 0.5) is 40.8 Å². The van der Waals surface area contributed by atoms with Gasteiger partial charge in [0.1, 0.15) is 0 Å². The zero-order valence-electron chi connectivity index (χ0n) is 18.9. The molecule has 1 fully saturated rings. The molecule has 1 N–H and O–H groups in total. The van der Waals surface area contributed by atoms with Gasteiger partial charge in [0.25, 0.3) is 0 Å². The fourth-order valence-corrected chi connectivity index (χ4v) is 3.84. The second-order valence-electron chi connectivity index (χ2n) is 8.50. The highest BCUT2D eigenvalue weighted by Gasteiger charge is 2.37. The van der Waals surface area contributed by atoms with Crippen LogP contribution in [-0.4, -0.2) is 25.5 Å². The smallest absolute Gasteiger partial charge is 0.323 e. The first-order valence-electron chi connectivity index (χ1n) is 10.8. The van der Waals surface area contributed by atoms with Crippen LogP contribution in [0.3, 0.4) is 0 Å². The van der Waals surface area contributed by atoms with E-state index >= 15 is 0 Å². The normalized spacial score (nSPS) is 13.9. The van der Waals surface area contributed by atoms with Crippen LogP contribution in [0.25, 0.3) is 0 Å². The Morgan fingerprint density at radius 3 is 2.11 bits per heavy atom. The molecule has 0 bridgehead atoms. The maximum absolute atomic E-state index is 14.1. The van der Waals surface area contributed by atoms with Crippen molar-refractivity contribution in [3.8, 4) is 0 Å². The summed E-state index contributed by atoms with van der Waals surface area (Å²) in [6.45, 7) is 1.94. The minimum Gasteiger partial charge on any atom is -0.323 e. The molecular weight excluding hydrogens is 502 g/mol. The summed E-state index contributed by atoms with van der Waals surface area (Å²) in [5.74, 6) is -11.1. The van der Waals surface area contributed by atoms with Gasteiger partial charge in [0.2, 0.25) is 11.7 Å². The molecule has 1 aliphatic carbocycles. The lowest BCUT2D eigenvalue weighted by molar-refractivity contribution is -0.141. The molecule has 4 rings (SSSR count). The van der Waals surface area contributed by atoms with E-state index in [-0.39, 0.29) is 36.0 Å². The Morgan fingerprint density at radius 2 is 1.56 bits per heavy atom. The number of halogens is 8. The van der Waals surface area contributed by atoms with Gasteiger partial charge in [0.05, 0.1) is 29.2 Å². The number of hydrogen-bond acceptors (Lipinski definition) is 3. The van der Waals surface area contributed by atoms with Gasteiger partial charge in [0.15, 0.2) is 29.0 Å². The Bertz CT molecular complexity index is 1310. The summed E-state index contributed by atoms with van der Waals surface area (Å²) < 4.78 is 110. The molecule has 3 aromatic rings. The van der Waals surface area contributed by atoms with Crippen LogP contribution >= 0.6 is 0 Å². The Kier molecular flexibility index (Phi) is 6.56. The topological polar surface area (TPSA) is 64.7 Å². The molecule has 1 saturated carbocycles. The lowest BCUT2D eigenvalue weighted by Crippen LogP contribution is -2.17. The van der Waals surface area contributed by atoms with Gasteiger partial charge in [-0.25, -0.2) is 22.0 Å². The lowest BCUT2D eigenvalue weighted by atomic mass is 10.1. The number of aromatic nitrogens is 4. The predicted molar refractivity (Wildman–Crippen MR) is 109 cm³/mol. The van der Waals surface area contributed by atoms with Crippen LogP contribution in [0.2, 0.25) is 0 Å². The van der Waals surface area contributed by atoms with E-state index in [9.17, 15) is 39.9 Å². The molecule has 194 valence electrons. The number of anilines is 1. The van der Waals surface area contributed by atoms with E-state index in [1.807, 2.05) is 0 Å². The largest absolute Gasteiger partial charge is 0.435 e. The third-order valence-electron chi connectivity index (χ3n) is 5.90. The van der Waals surface area contributed by atoms with Gasteiger partial charge in [-0.15, -0.1) is 0 Å². The summed E-state index contributed by atoms with van der Waals surface area (Å²) in [5.41, 5.74) is -1.22. The number of alkyl halides is 3. The van der Waals surface area contributed by atoms with Gasteiger partial charge in [0, 0.05) is 24.6 Å². The van der Waals surface area contributed by atoms with E-state index < -0.39 is 59.0 Å². The summed E-state index contributed by atoms with van der Waals surface area (Å²) in [6, 6.07) is 0.979. The molecule has 0 aliphatic heterocycles. The van der Waals surface area contributed by atoms with E-state index in [1.54, 1.807) is 0 Å². The SMILES string of the molecule is Cc1nn(Cc2c(F)c(F)c(F)c(F)c2F)c(C)c1NC(=O)CCn1nc(C(F)(F)F)cc1C1CC1.